The van der Waals surface area contributed by atoms with Gasteiger partial charge < -0.3 is 11.1 Å². The van der Waals surface area contributed by atoms with Crippen LogP contribution in [-0.2, 0) is 4.79 Å². The second-order valence-corrected chi connectivity index (χ2v) is 3.58. The minimum absolute atomic E-state index is 0.0902. The van der Waals surface area contributed by atoms with Crippen LogP contribution < -0.4 is 11.1 Å². The molecule has 3 nitrogen and oxygen atoms in total. The Hall–Kier alpha value is -1.42. The molecule has 0 saturated carbocycles. The number of benzene rings is 1. The Morgan fingerprint density at radius 3 is 2.80 bits per heavy atom. The maximum Gasteiger partial charge on any atom is 0.231 e. The highest BCUT2D eigenvalue weighted by molar-refractivity contribution is 5.75. The lowest BCUT2D eigenvalue weighted by Crippen LogP contribution is -2.30. The van der Waals surface area contributed by atoms with Gasteiger partial charge in [0.05, 0.1) is 6.54 Å². The van der Waals surface area contributed by atoms with E-state index in [0.717, 1.165) is 5.56 Å². The number of aryl methyl sites for hydroxylation is 1. The highest BCUT2D eigenvalue weighted by atomic mass is 19.1. The average Bonchev–Trinajstić information content (AvgIpc) is 2.18. The number of nitrogens with one attached hydrogen (secondary N) is 1. The van der Waals surface area contributed by atoms with E-state index in [1.54, 1.807) is 13.0 Å². The zero-order valence-corrected chi connectivity index (χ0v) is 8.88. The monoisotopic (exact) mass is 210 g/mol. The fraction of sp³-hybridized carbons (Fsp3) is 0.364. The normalized spacial score (nSPS) is 12.5. The number of hydrogen-bond acceptors (Lipinski definition) is 2. The summed E-state index contributed by atoms with van der Waals surface area (Å²) in [5.74, 6) is -0.658. The molecule has 0 aromatic heterocycles. The first kappa shape index (κ1) is 11.7. The van der Waals surface area contributed by atoms with Crippen molar-refractivity contribution < 1.29 is 9.18 Å². The molecule has 1 amide bonds. The van der Waals surface area contributed by atoms with Crippen LogP contribution in [0.3, 0.4) is 0 Å². The molecule has 3 N–H and O–H groups in total. The van der Waals surface area contributed by atoms with E-state index in [9.17, 15) is 9.18 Å². The fourth-order valence-electron chi connectivity index (χ4n) is 1.25. The van der Waals surface area contributed by atoms with Crippen LogP contribution in [0.1, 0.15) is 24.1 Å². The number of nitrogens with two attached hydrogens (primary N) is 1. The summed E-state index contributed by atoms with van der Waals surface area (Å²) in [5, 5.41) is 2.90. The second kappa shape index (κ2) is 4.89. The van der Waals surface area contributed by atoms with E-state index in [-0.39, 0.29) is 18.4 Å². The van der Waals surface area contributed by atoms with Gasteiger partial charge in [0.1, 0.15) is 5.82 Å². The van der Waals surface area contributed by atoms with Crippen molar-refractivity contribution in [3.8, 4) is 0 Å². The summed E-state index contributed by atoms with van der Waals surface area (Å²) in [4.78, 5) is 10.5. The predicted octanol–water partition coefficient (Wildman–Crippen LogP) is 1.27. The molecule has 1 atom stereocenters. The van der Waals surface area contributed by atoms with Gasteiger partial charge in [-0.25, -0.2) is 4.39 Å². The van der Waals surface area contributed by atoms with Crippen LogP contribution in [0.15, 0.2) is 18.2 Å². The molecular formula is C11H15FN2O. The molecule has 0 fully saturated rings. The number of primary amides is 1. The fourth-order valence-corrected chi connectivity index (χ4v) is 1.25. The molecule has 15 heavy (non-hydrogen) atoms. The molecule has 4 heteroatoms. The third-order valence-corrected chi connectivity index (χ3v) is 2.28. The molecule has 1 unspecified atom stereocenters. The maximum atomic E-state index is 13.2. The van der Waals surface area contributed by atoms with Crippen molar-refractivity contribution in [1.29, 1.82) is 0 Å². The molecule has 0 heterocycles. The van der Waals surface area contributed by atoms with E-state index >= 15 is 0 Å². The zero-order chi connectivity index (χ0) is 11.4. The van der Waals surface area contributed by atoms with Gasteiger partial charge >= 0.3 is 0 Å². The van der Waals surface area contributed by atoms with Gasteiger partial charge in [0, 0.05) is 6.04 Å². The van der Waals surface area contributed by atoms with E-state index < -0.39 is 5.91 Å². The van der Waals surface area contributed by atoms with Crippen molar-refractivity contribution >= 4 is 5.91 Å². The van der Waals surface area contributed by atoms with E-state index in [0.29, 0.717) is 5.56 Å². The van der Waals surface area contributed by atoms with Gasteiger partial charge in [-0.05, 0) is 31.0 Å². The highest BCUT2D eigenvalue weighted by Crippen LogP contribution is 2.15. The largest absolute Gasteiger partial charge is 0.369 e. The lowest BCUT2D eigenvalue weighted by atomic mass is 10.1. The minimum Gasteiger partial charge on any atom is -0.369 e. The van der Waals surface area contributed by atoms with Gasteiger partial charge in [-0.2, -0.15) is 0 Å². The summed E-state index contributed by atoms with van der Waals surface area (Å²) < 4.78 is 13.2. The topological polar surface area (TPSA) is 55.1 Å². The smallest absolute Gasteiger partial charge is 0.231 e. The summed E-state index contributed by atoms with van der Waals surface area (Å²) in [6, 6.07) is 4.92. The van der Waals surface area contributed by atoms with Crippen LogP contribution in [0, 0.1) is 12.7 Å². The molecule has 1 rings (SSSR count). The van der Waals surface area contributed by atoms with Crippen LogP contribution in [0.4, 0.5) is 4.39 Å². The summed E-state index contributed by atoms with van der Waals surface area (Å²) in [6.45, 7) is 3.66. The van der Waals surface area contributed by atoms with Crippen LogP contribution in [0.5, 0.6) is 0 Å². The molecule has 0 spiro atoms. The molecule has 0 aliphatic rings. The zero-order valence-electron chi connectivity index (χ0n) is 8.88. The minimum atomic E-state index is -0.422. The van der Waals surface area contributed by atoms with Crippen molar-refractivity contribution in [1.82, 2.24) is 5.32 Å². The maximum absolute atomic E-state index is 13.2. The quantitative estimate of drug-likeness (QED) is 0.786. The Morgan fingerprint density at radius 1 is 1.60 bits per heavy atom. The first-order chi connectivity index (χ1) is 7.00. The van der Waals surface area contributed by atoms with E-state index in [2.05, 4.69) is 5.32 Å². The summed E-state index contributed by atoms with van der Waals surface area (Å²) >= 11 is 0. The number of amides is 1. The third kappa shape index (κ3) is 3.32. The number of halogens is 1. The third-order valence-electron chi connectivity index (χ3n) is 2.28. The molecule has 1 aromatic rings. The van der Waals surface area contributed by atoms with Gasteiger partial charge in [-0.1, -0.05) is 12.1 Å². The SMILES string of the molecule is Cc1ccc(C(C)NCC(N)=O)cc1F. The Morgan fingerprint density at radius 2 is 2.27 bits per heavy atom. The van der Waals surface area contributed by atoms with Gasteiger partial charge in [0.2, 0.25) is 5.91 Å². The molecular weight excluding hydrogens is 195 g/mol. The van der Waals surface area contributed by atoms with Gasteiger partial charge in [0.15, 0.2) is 0 Å². The van der Waals surface area contributed by atoms with Gasteiger partial charge in [-0.3, -0.25) is 4.79 Å². The average molecular weight is 210 g/mol. The predicted molar refractivity (Wildman–Crippen MR) is 56.7 cm³/mol. The van der Waals surface area contributed by atoms with Crippen LogP contribution in [0.2, 0.25) is 0 Å². The van der Waals surface area contributed by atoms with Gasteiger partial charge in [-0.15, -0.1) is 0 Å². The van der Waals surface area contributed by atoms with Crippen LogP contribution in [-0.4, -0.2) is 12.5 Å². The Labute approximate surface area is 88.5 Å². The first-order valence-corrected chi connectivity index (χ1v) is 4.78. The summed E-state index contributed by atoms with van der Waals surface area (Å²) in [5.41, 5.74) is 6.41. The molecule has 1 aromatic carbocycles. The van der Waals surface area contributed by atoms with Crippen molar-refractivity contribution in [2.45, 2.75) is 19.9 Å². The van der Waals surface area contributed by atoms with E-state index in [1.807, 2.05) is 13.0 Å². The lowest BCUT2D eigenvalue weighted by molar-refractivity contribution is -0.117. The standard InChI is InChI=1S/C11H15FN2O/c1-7-3-4-9(5-10(7)12)8(2)14-6-11(13)15/h3-5,8,14H,6H2,1-2H3,(H2,13,15). The number of hydrogen-bond donors (Lipinski definition) is 2. The van der Waals surface area contributed by atoms with Gasteiger partial charge in [0.25, 0.3) is 0 Å². The molecule has 0 saturated heterocycles. The second-order valence-electron chi connectivity index (χ2n) is 3.58. The number of carbonyl (C=O) groups is 1. The summed E-state index contributed by atoms with van der Waals surface area (Å²) in [6.07, 6.45) is 0. The molecule has 0 bridgehead atoms. The first-order valence-electron chi connectivity index (χ1n) is 4.78. The summed E-state index contributed by atoms with van der Waals surface area (Å²) in [7, 11) is 0. The van der Waals surface area contributed by atoms with Crippen molar-refractivity contribution in [3.05, 3.63) is 35.1 Å². The molecule has 82 valence electrons. The van der Waals surface area contributed by atoms with E-state index in [4.69, 9.17) is 5.73 Å². The molecule has 0 aliphatic carbocycles. The molecule has 0 aliphatic heterocycles. The van der Waals surface area contributed by atoms with E-state index in [1.165, 1.54) is 6.07 Å². The van der Waals surface area contributed by atoms with Crippen molar-refractivity contribution in [2.24, 2.45) is 5.73 Å². The van der Waals surface area contributed by atoms with Crippen molar-refractivity contribution in [3.63, 3.8) is 0 Å². The van der Waals surface area contributed by atoms with Crippen molar-refractivity contribution in [2.75, 3.05) is 6.54 Å². The Bertz CT molecular complexity index is 366. The molecule has 0 radical (unpaired) electrons. The highest BCUT2D eigenvalue weighted by Gasteiger charge is 2.07. The number of carbonyl (C=O) groups excluding carboxylic acids is 1. The van der Waals surface area contributed by atoms with Crippen LogP contribution >= 0.6 is 0 Å². The lowest BCUT2D eigenvalue weighted by Gasteiger charge is -2.13. The Kier molecular flexibility index (Phi) is 3.80. The Balaban J connectivity index is 2.69. The van der Waals surface area contributed by atoms with Crippen LogP contribution in [0.25, 0.3) is 0 Å². The number of rotatable bonds is 4.